The number of unbranched alkanes of at least 4 members (excludes halogenated alkanes) is 4. The molecule has 1 aliphatic rings. The van der Waals surface area contributed by atoms with Gasteiger partial charge in [0.2, 0.25) is 0 Å². The van der Waals surface area contributed by atoms with Gasteiger partial charge in [-0.15, -0.1) is 0 Å². The van der Waals surface area contributed by atoms with E-state index in [-0.39, 0.29) is 23.4 Å². The number of carboxylic acid groups (broad SMARTS) is 1. The lowest BCUT2D eigenvalue weighted by Crippen LogP contribution is -2.22. The van der Waals surface area contributed by atoms with Crippen molar-refractivity contribution in [1.29, 1.82) is 0 Å². The predicted molar refractivity (Wildman–Crippen MR) is 104 cm³/mol. The quantitative estimate of drug-likeness (QED) is 0.351. The van der Waals surface area contributed by atoms with Crippen molar-refractivity contribution in [3.63, 3.8) is 0 Å². The molecule has 0 fully saturated rings. The lowest BCUT2D eigenvalue weighted by atomic mass is 9.82. The summed E-state index contributed by atoms with van der Waals surface area (Å²) in [5.74, 6) is -0.420. The molecule has 0 aromatic rings. The Kier molecular flexibility index (Phi) is 9.53. The molecule has 146 valence electrons. The molecule has 0 saturated carbocycles. The van der Waals surface area contributed by atoms with E-state index in [0.717, 1.165) is 62.5 Å². The number of allylic oxidation sites excluding steroid dienone is 4. The Labute approximate surface area is 157 Å². The van der Waals surface area contributed by atoms with Crippen molar-refractivity contribution in [3.05, 3.63) is 23.3 Å². The number of aliphatic carboxylic acids is 1. The van der Waals surface area contributed by atoms with Crippen molar-refractivity contribution >= 4 is 17.5 Å². The van der Waals surface area contributed by atoms with Crippen molar-refractivity contribution in [3.8, 4) is 0 Å². The maximum Gasteiger partial charge on any atom is 0.303 e. The van der Waals surface area contributed by atoms with Gasteiger partial charge in [-0.2, -0.15) is 0 Å². The standard InChI is InChI=1S/C22H34O4/c1-4-5-16-22(2,3)20(24)15-13-17-12-14-19(23)18(17)10-8-6-7-9-11-21(25)26/h13,15H,4-12,14,16H2,1-3H3,(H,25,26). The Hall–Kier alpha value is -1.71. The van der Waals surface area contributed by atoms with Gasteiger partial charge < -0.3 is 5.11 Å². The minimum absolute atomic E-state index is 0.130. The summed E-state index contributed by atoms with van der Waals surface area (Å²) in [6, 6.07) is 0. The first-order valence-electron chi connectivity index (χ1n) is 9.97. The van der Waals surface area contributed by atoms with E-state index in [1.165, 1.54) is 0 Å². The smallest absolute Gasteiger partial charge is 0.303 e. The molecular formula is C22H34O4. The van der Waals surface area contributed by atoms with Crippen LogP contribution >= 0.6 is 0 Å². The molecule has 0 heterocycles. The van der Waals surface area contributed by atoms with Crippen LogP contribution in [0.1, 0.15) is 91.4 Å². The van der Waals surface area contributed by atoms with E-state index in [9.17, 15) is 14.4 Å². The number of rotatable bonds is 13. The van der Waals surface area contributed by atoms with Crippen molar-refractivity contribution in [2.45, 2.75) is 91.4 Å². The number of Topliss-reactive ketones (excluding diaryl/α,β-unsaturated/α-hetero) is 1. The second kappa shape index (κ2) is 11.1. The summed E-state index contributed by atoms with van der Waals surface area (Å²) >= 11 is 0. The van der Waals surface area contributed by atoms with Gasteiger partial charge in [0.1, 0.15) is 0 Å². The molecule has 0 spiro atoms. The van der Waals surface area contributed by atoms with E-state index in [2.05, 4.69) is 6.92 Å². The first-order valence-corrected chi connectivity index (χ1v) is 9.97. The summed E-state index contributed by atoms with van der Waals surface area (Å²) in [7, 11) is 0. The van der Waals surface area contributed by atoms with Crippen LogP contribution in [0.15, 0.2) is 23.3 Å². The molecule has 1 rings (SSSR count). The molecule has 26 heavy (non-hydrogen) atoms. The van der Waals surface area contributed by atoms with Gasteiger partial charge in [0.15, 0.2) is 11.6 Å². The van der Waals surface area contributed by atoms with Gasteiger partial charge in [-0.1, -0.05) is 52.5 Å². The van der Waals surface area contributed by atoms with Gasteiger partial charge in [0.25, 0.3) is 0 Å². The van der Waals surface area contributed by atoms with Gasteiger partial charge in [-0.3, -0.25) is 14.4 Å². The largest absolute Gasteiger partial charge is 0.481 e. The average molecular weight is 363 g/mol. The molecule has 0 bridgehead atoms. The highest BCUT2D eigenvalue weighted by Crippen LogP contribution is 2.30. The van der Waals surface area contributed by atoms with Crippen LogP contribution in [-0.4, -0.2) is 22.6 Å². The molecule has 1 N–H and O–H groups in total. The molecule has 0 unspecified atom stereocenters. The van der Waals surface area contributed by atoms with E-state index in [1.54, 1.807) is 6.08 Å². The maximum absolute atomic E-state index is 12.5. The number of carbonyl (C=O) groups is 3. The molecule has 0 saturated heterocycles. The zero-order valence-electron chi connectivity index (χ0n) is 16.6. The number of hydrogen-bond acceptors (Lipinski definition) is 3. The van der Waals surface area contributed by atoms with Crippen LogP contribution in [0.4, 0.5) is 0 Å². The minimum atomic E-state index is -0.752. The molecule has 4 nitrogen and oxygen atoms in total. The predicted octanol–water partition coefficient (Wildman–Crippen LogP) is 5.41. The molecule has 0 amide bonds. The number of carboxylic acids is 1. The Morgan fingerprint density at radius 1 is 1.08 bits per heavy atom. The number of hydrogen-bond donors (Lipinski definition) is 1. The summed E-state index contributed by atoms with van der Waals surface area (Å²) in [6.45, 7) is 6.10. The molecule has 0 aromatic heterocycles. The third kappa shape index (κ3) is 7.67. The molecule has 0 radical (unpaired) electrons. The third-order valence-electron chi connectivity index (χ3n) is 5.17. The molecule has 0 aliphatic heterocycles. The van der Waals surface area contributed by atoms with E-state index in [4.69, 9.17) is 5.11 Å². The minimum Gasteiger partial charge on any atom is -0.481 e. The molecular weight excluding hydrogens is 328 g/mol. The maximum atomic E-state index is 12.5. The van der Waals surface area contributed by atoms with E-state index in [0.29, 0.717) is 12.8 Å². The lowest BCUT2D eigenvalue weighted by molar-refractivity contribution is -0.137. The van der Waals surface area contributed by atoms with E-state index in [1.807, 2.05) is 19.9 Å². The van der Waals surface area contributed by atoms with Crippen LogP contribution in [-0.2, 0) is 14.4 Å². The Morgan fingerprint density at radius 2 is 1.77 bits per heavy atom. The Balaban J connectivity index is 2.57. The summed E-state index contributed by atoms with van der Waals surface area (Å²) in [6.07, 6.45) is 12.2. The molecule has 4 heteroatoms. The molecule has 0 aromatic carbocycles. The van der Waals surface area contributed by atoms with Crippen LogP contribution < -0.4 is 0 Å². The fourth-order valence-corrected chi connectivity index (χ4v) is 3.29. The lowest BCUT2D eigenvalue weighted by Gasteiger charge is -2.20. The highest BCUT2D eigenvalue weighted by molar-refractivity contribution is 6.00. The van der Waals surface area contributed by atoms with Gasteiger partial charge in [-0.25, -0.2) is 0 Å². The Morgan fingerprint density at radius 3 is 2.42 bits per heavy atom. The monoisotopic (exact) mass is 362 g/mol. The van der Waals surface area contributed by atoms with Crippen molar-refractivity contribution in [1.82, 2.24) is 0 Å². The first kappa shape index (κ1) is 22.3. The average Bonchev–Trinajstić information content (AvgIpc) is 2.93. The molecule has 1 aliphatic carbocycles. The summed E-state index contributed by atoms with van der Waals surface area (Å²) in [4.78, 5) is 35.1. The van der Waals surface area contributed by atoms with Crippen LogP contribution in [0.5, 0.6) is 0 Å². The SMILES string of the molecule is CCCCC(C)(C)C(=O)C=CC1=C(CCCCCCC(=O)O)C(=O)CC1. The van der Waals surface area contributed by atoms with Crippen LogP contribution in [0, 0.1) is 5.41 Å². The van der Waals surface area contributed by atoms with E-state index >= 15 is 0 Å². The second-order valence-corrected chi connectivity index (χ2v) is 7.92. The highest BCUT2D eigenvalue weighted by Gasteiger charge is 2.25. The normalized spacial score (nSPS) is 15.3. The number of ketones is 2. The second-order valence-electron chi connectivity index (χ2n) is 7.92. The van der Waals surface area contributed by atoms with Crippen molar-refractivity contribution in [2.75, 3.05) is 0 Å². The first-order chi connectivity index (χ1) is 12.3. The van der Waals surface area contributed by atoms with Gasteiger partial charge in [0.05, 0.1) is 0 Å². The van der Waals surface area contributed by atoms with Gasteiger partial charge in [0, 0.05) is 18.3 Å². The summed E-state index contributed by atoms with van der Waals surface area (Å²) in [5, 5.41) is 8.63. The summed E-state index contributed by atoms with van der Waals surface area (Å²) < 4.78 is 0. The van der Waals surface area contributed by atoms with Crippen molar-refractivity contribution in [2.24, 2.45) is 5.41 Å². The fourth-order valence-electron chi connectivity index (χ4n) is 3.29. The fraction of sp³-hybridized carbons (Fsp3) is 0.682. The van der Waals surface area contributed by atoms with Gasteiger partial charge in [-0.05, 0) is 49.3 Å². The van der Waals surface area contributed by atoms with Crippen LogP contribution in [0.25, 0.3) is 0 Å². The molecule has 0 atom stereocenters. The zero-order chi connectivity index (χ0) is 19.6. The van der Waals surface area contributed by atoms with Crippen LogP contribution in [0.2, 0.25) is 0 Å². The zero-order valence-corrected chi connectivity index (χ0v) is 16.6. The number of carbonyl (C=O) groups excluding carboxylic acids is 2. The highest BCUT2D eigenvalue weighted by atomic mass is 16.4. The summed E-state index contributed by atoms with van der Waals surface area (Å²) in [5.41, 5.74) is 1.54. The van der Waals surface area contributed by atoms with Crippen molar-refractivity contribution < 1.29 is 19.5 Å². The van der Waals surface area contributed by atoms with Crippen LogP contribution in [0.3, 0.4) is 0 Å². The topological polar surface area (TPSA) is 71.4 Å². The Bertz CT molecular complexity index is 567. The third-order valence-corrected chi connectivity index (χ3v) is 5.17. The van der Waals surface area contributed by atoms with Gasteiger partial charge >= 0.3 is 5.97 Å². The van der Waals surface area contributed by atoms with E-state index < -0.39 is 5.97 Å².